The largest absolute Gasteiger partial charge is 0.413 e. The van der Waals surface area contributed by atoms with E-state index in [1.165, 1.54) is 36.7 Å². The van der Waals surface area contributed by atoms with Crippen molar-refractivity contribution in [3.8, 4) is 0 Å². The van der Waals surface area contributed by atoms with Gasteiger partial charge < -0.3 is 4.42 Å². The van der Waals surface area contributed by atoms with Crippen LogP contribution in [-0.2, 0) is 10.0 Å². The molecule has 0 aliphatic heterocycles. The molecule has 5 aromatic rings. The van der Waals surface area contributed by atoms with E-state index in [0.29, 0.717) is 21.1 Å². The van der Waals surface area contributed by atoms with Crippen molar-refractivity contribution in [2.24, 2.45) is 0 Å². The molecule has 0 bridgehead atoms. The number of anilines is 1. The molecular weight excluding hydrogens is 460 g/mol. The first-order valence-electron chi connectivity index (χ1n) is 9.88. The lowest BCUT2D eigenvalue weighted by Gasteiger charge is -2.24. The van der Waals surface area contributed by atoms with E-state index < -0.39 is 20.9 Å². The van der Waals surface area contributed by atoms with Gasteiger partial charge in [-0.25, -0.2) is 13.2 Å². The molecule has 0 aliphatic rings. The maximum Gasteiger partial charge on any atom is 0.396 e. The van der Waals surface area contributed by atoms with Crippen molar-refractivity contribution < 1.29 is 17.6 Å². The number of amides is 1. The van der Waals surface area contributed by atoms with Crippen molar-refractivity contribution >= 4 is 54.0 Å². The van der Waals surface area contributed by atoms with Gasteiger partial charge in [-0.2, -0.15) is 4.31 Å². The summed E-state index contributed by atoms with van der Waals surface area (Å²) >= 11 is 0.847. The van der Waals surface area contributed by atoms with Crippen LogP contribution >= 0.6 is 11.3 Å². The Balaban J connectivity index is 1.85. The van der Waals surface area contributed by atoms with Gasteiger partial charge in [-0.3, -0.25) is 9.78 Å². The van der Waals surface area contributed by atoms with Crippen LogP contribution in [0, 0.1) is 6.92 Å². The molecule has 0 saturated heterocycles. The monoisotopic (exact) mass is 476 g/mol. The number of hydrogen-bond acceptors (Lipinski definition) is 7. The fourth-order valence-electron chi connectivity index (χ4n) is 3.62. The van der Waals surface area contributed by atoms with E-state index in [9.17, 15) is 18.0 Å². The van der Waals surface area contributed by atoms with Crippen LogP contribution in [-0.4, -0.2) is 19.3 Å². The van der Waals surface area contributed by atoms with Crippen molar-refractivity contribution in [3.63, 3.8) is 0 Å². The Morgan fingerprint density at radius 2 is 1.73 bits per heavy atom. The van der Waals surface area contributed by atoms with E-state index in [1.54, 1.807) is 42.5 Å². The number of carbonyl (C=O) groups excluding carboxylic acids is 1. The lowest BCUT2D eigenvalue weighted by Crippen LogP contribution is -2.37. The number of aryl methyl sites for hydroxylation is 1. The summed E-state index contributed by atoms with van der Waals surface area (Å²) in [7, 11) is -4.32. The van der Waals surface area contributed by atoms with Crippen molar-refractivity contribution in [1.29, 1.82) is 0 Å². The van der Waals surface area contributed by atoms with Crippen molar-refractivity contribution in [1.82, 2.24) is 4.98 Å². The van der Waals surface area contributed by atoms with Crippen LogP contribution in [0.25, 0.3) is 21.1 Å². The second-order valence-corrected chi connectivity index (χ2v) is 10.1. The van der Waals surface area contributed by atoms with Gasteiger partial charge >= 0.3 is 4.94 Å². The molecule has 0 unspecified atom stereocenters. The maximum absolute atomic E-state index is 13.8. The number of rotatable bonds is 4. The van der Waals surface area contributed by atoms with Gasteiger partial charge in [-0.15, -0.1) is 0 Å². The number of sulfonamides is 1. The average molecular weight is 477 g/mol. The van der Waals surface area contributed by atoms with E-state index in [0.717, 1.165) is 21.2 Å². The Hall–Kier alpha value is -3.82. The molecule has 0 spiro atoms. The van der Waals surface area contributed by atoms with Crippen LogP contribution in [0.3, 0.4) is 0 Å². The highest BCUT2D eigenvalue weighted by Gasteiger charge is 2.34. The van der Waals surface area contributed by atoms with Gasteiger partial charge in [-0.1, -0.05) is 53.3 Å². The summed E-state index contributed by atoms with van der Waals surface area (Å²) in [6, 6.07) is 17.7. The van der Waals surface area contributed by atoms with Gasteiger partial charge in [-0.05, 0) is 37.3 Å². The van der Waals surface area contributed by atoms with Crippen LogP contribution in [0.2, 0.25) is 0 Å². The number of aromatic nitrogens is 1. The second kappa shape index (κ2) is 7.95. The zero-order valence-electron chi connectivity index (χ0n) is 17.3. The molecule has 0 saturated carbocycles. The summed E-state index contributed by atoms with van der Waals surface area (Å²) in [5.74, 6) is -0.760. The first kappa shape index (κ1) is 21.0. The fourth-order valence-corrected chi connectivity index (χ4v) is 5.76. The molecule has 33 heavy (non-hydrogen) atoms. The summed E-state index contributed by atoms with van der Waals surface area (Å²) in [5.41, 5.74) is 1.47. The minimum atomic E-state index is -4.32. The average Bonchev–Trinajstić information content (AvgIpc) is 3.20. The summed E-state index contributed by atoms with van der Waals surface area (Å²) in [6.07, 6.45) is 2.82. The lowest BCUT2D eigenvalue weighted by molar-refractivity contribution is 0.100. The quantitative estimate of drug-likeness (QED) is 0.371. The Kier molecular flexibility index (Phi) is 5.07. The van der Waals surface area contributed by atoms with Crippen molar-refractivity contribution in [3.05, 3.63) is 100.0 Å². The summed E-state index contributed by atoms with van der Waals surface area (Å²) in [4.78, 5) is 29.0. The standard InChI is InChI=1S/C24H16N2O5S2/c1-15-8-10-17(11-9-15)33(29,30)26(23(27)16-5-4-12-25-14-16)20-13-21-22(31-24(28)32-21)19-7-3-2-6-18(19)20/h2-14H,1H3. The van der Waals surface area contributed by atoms with Crippen LogP contribution in [0.5, 0.6) is 0 Å². The third kappa shape index (κ3) is 3.61. The molecule has 164 valence electrons. The molecule has 0 aliphatic carbocycles. The van der Waals surface area contributed by atoms with Crippen LogP contribution in [0.4, 0.5) is 5.69 Å². The van der Waals surface area contributed by atoms with Gasteiger partial charge in [0.2, 0.25) is 0 Å². The minimum Gasteiger partial charge on any atom is -0.413 e. The third-order valence-corrected chi connectivity index (χ3v) is 7.67. The number of benzene rings is 3. The lowest BCUT2D eigenvalue weighted by atomic mass is 10.1. The number of pyridine rings is 1. The molecule has 0 atom stereocenters. The van der Waals surface area contributed by atoms with Crippen LogP contribution < -0.4 is 9.24 Å². The van der Waals surface area contributed by atoms with E-state index in [1.807, 2.05) is 6.92 Å². The molecule has 5 rings (SSSR count). The number of fused-ring (bicyclic) bond motifs is 3. The van der Waals surface area contributed by atoms with Gasteiger partial charge in [0.05, 0.1) is 20.8 Å². The molecule has 2 heterocycles. The molecule has 0 fully saturated rings. The van der Waals surface area contributed by atoms with Crippen molar-refractivity contribution in [2.75, 3.05) is 4.31 Å². The molecule has 3 aromatic carbocycles. The predicted molar refractivity (Wildman–Crippen MR) is 127 cm³/mol. The summed E-state index contributed by atoms with van der Waals surface area (Å²) in [6.45, 7) is 1.84. The SMILES string of the molecule is Cc1ccc(S(=O)(=O)N(C(=O)c2cccnc2)c2cc3sc(=O)oc3c3ccccc23)cc1. The molecule has 9 heteroatoms. The zero-order chi connectivity index (χ0) is 23.2. The third-order valence-electron chi connectivity index (χ3n) is 5.19. The molecule has 0 radical (unpaired) electrons. The predicted octanol–water partition coefficient (Wildman–Crippen LogP) is 4.75. The van der Waals surface area contributed by atoms with Gasteiger partial charge in [0.25, 0.3) is 15.9 Å². The topological polar surface area (TPSA) is 97.5 Å². The number of hydrogen-bond donors (Lipinski definition) is 0. The van der Waals surface area contributed by atoms with Gasteiger partial charge in [0.1, 0.15) is 0 Å². The first-order chi connectivity index (χ1) is 15.9. The molecule has 1 amide bonds. The van der Waals surface area contributed by atoms with E-state index in [4.69, 9.17) is 4.42 Å². The van der Waals surface area contributed by atoms with Crippen LogP contribution in [0.15, 0.2) is 93.2 Å². The van der Waals surface area contributed by atoms with Crippen molar-refractivity contribution in [2.45, 2.75) is 11.8 Å². The summed E-state index contributed by atoms with van der Waals surface area (Å²) < 4.78 is 34.3. The molecule has 0 N–H and O–H groups in total. The Labute approximate surface area is 192 Å². The first-order valence-corrected chi connectivity index (χ1v) is 12.1. The second-order valence-electron chi connectivity index (χ2n) is 7.35. The number of nitrogens with zero attached hydrogens (tertiary/aromatic N) is 2. The van der Waals surface area contributed by atoms with Crippen LogP contribution in [0.1, 0.15) is 15.9 Å². The molecular formula is C24H16N2O5S2. The Morgan fingerprint density at radius 1 is 1.00 bits per heavy atom. The van der Waals surface area contributed by atoms with E-state index in [-0.39, 0.29) is 16.1 Å². The van der Waals surface area contributed by atoms with Gasteiger partial charge in [0, 0.05) is 23.2 Å². The summed E-state index contributed by atoms with van der Waals surface area (Å²) in [5, 5.41) is 0.992. The van der Waals surface area contributed by atoms with E-state index >= 15 is 0 Å². The maximum atomic E-state index is 13.8. The minimum absolute atomic E-state index is 0.0325. The fraction of sp³-hybridized carbons (Fsp3) is 0.0417. The Bertz CT molecular complexity index is 1670. The highest BCUT2D eigenvalue weighted by Crippen LogP contribution is 2.38. The highest BCUT2D eigenvalue weighted by molar-refractivity contribution is 7.93. The molecule has 7 nitrogen and oxygen atoms in total. The number of carbonyl (C=O) groups is 1. The Morgan fingerprint density at radius 3 is 2.42 bits per heavy atom. The van der Waals surface area contributed by atoms with E-state index in [2.05, 4.69) is 4.98 Å². The highest BCUT2D eigenvalue weighted by atomic mass is 32.2. The molecule has 2 aromatic heterocycles. The smallest absolute Gasteiger partial charge is 0.396 e. The van der Waals surface area contributed by atoms with Gasteiger partial charge in [0.15, 0.2) is 5.58 Å². The normalized spacial score (nSPS) is 11.7. The zero-order valence-corrected chi connectivity index (χ0v) is 18.9.